The number of hydrogen-bond donors (Lipinski definition) is 0. The summed E-state index contributed by atoms with van der Waals surface area (Å²) in [5.41, 5.74) is 0. The van der Waals surface area contributed by atoms with Crippen molar-refractivity contribution in [2.24, 2.45) is 0 Å². The van der Waals surface area contributed by atoms with Gasteiger partial charge >= 0.3 is 0 Å². The molecule has 0 aliphatic heterocycles. The van der Waals surface area contributed by atoms with Gasteiger partial charge in [-0.05, 0) is 57.2 Å². The first-order valence-electron chi connectivity index (χ1n) is 9.78. The Morgan fingerprint density at radius 3 is 1.36 bits per heavy atom. The Morgan fingerprint density at radius 1 is 0.750 bits per heavy atom. The summed E-state index contributed by atoms with van der Waals surface area (Å²) in [5, 5.41) is 4.09. The molecule has 28 heavy (non-hydrogen) atoms. The van der Waals surface area contributed by atoms with Gasteiger partial charge in [-0.3, -0.25) is 0 Å². The zero-order valence-corrected chi connectivity index (χ0v) is 19.8. The maximum Gasteiger partial charge on any atom is 0.114 e. The molecular weight excluding hydrogens is 395 g/mol. The highest BCUT2D eigenvalue weighted by Crippen LogP contribution is 2.68. The Hall–Kier alpha value is -1.38. The minimum atomic E-state index is -2.48. The summed E-state index contributed by atoms with van der Waals surface area (Å²) in [6.07, 6.45) is 0. The maximum absolute atomic E-state index is 6.35. The van der Waals surface area contributed by atoms with E-state index < -0.39 is 14.7 Å². The summed E-state index contributed by atoms with van der Waals surface area (Å²) < 4.78 is 6.16. The van der Waals surface area contributed by atoms with Gasteiger partial charge in [0.25, 0.3) is 0 Å². The zero-order chi connectivity index (χ0) is 20.3. The van der Waals surface area contributed by atoms with Gasteiger partial charge in [0.05, 0.1) is 4.78 Å². The van der Waals surface area contributed by atoms with E-state index in [2.05, 4.69) is 118 Å². The quantitative estimate of drug-likeness (QED) is 0.301. The van der Waals surface area contributed by atoms with Gasteiger partial charge in [0.15, 0.2) is 0 Å². The van der Waals surface area contributed by atoms with Crippen molar-refractivity contribution < 1.29 is 4.43 Å². The number of rotatable bonds is 7. The van der Waals surface area contributed by atoms with Crippen LogP contribution in [0.2, 0.25) is 6.55 Å². The first kappa shape index (κ1) is 21.3. The molecule has 3 rings (SSSR count). The molecule has 1 unspecified atom stereocenters. The first-order chi connectivity index (χ1) is 13.4. The lowest BCUT2D eigenvalue weighted by Crippen LogP contribution is -2.60. The van der Waals surface area contributed by atoms with Crippen molar-refractivity contribution >= 4 is 42.7 Å². The molecular formula is C24H29OPSSi. The minimum Gasteiger partial charge on any atom is -0.765 e. The molecule has 1 atom stereocenters. The largest absolute Gasteiger partial charge is 0.765 e. The molecule has 0 N–H and O–H groups in total. The highest BCUT2D eigenvalue weighted by Gasteiger charge is 2.62. The predicted molar refractivity (Wildman–Crippen MR) is 130 cm³/mol. The van der Waals surface area contributed by atoms with Crippen LogP contribution in [-0.4, -0.2) is 18.9 Å². The minimum absolute atomic E-state index is 0.185. The molecule has 0 fully saturated rings. The van der Waals surface area contributed by atoms with Gasteiger partial charge in [-0.25, -0.2) is 0 Å². The SMILES string of the molecule is CCO[Si](C)([S-])C(C)(C)[P+](c1ccccc1)(c1ccccc1)c1ccccc1. The second-order valence-electron chi connectivity index (χ2n) is 7.62. The Bertz CT molecular complexity index is 786. The summed E-state index contributed by atoms with van der Waals surface area (Å²) in [4.78, 5) is 0. The number of benzene rings is 3. The second kappa shape index (κ2) is 8.55. The van der Waals surface area contributed by atoms with E-state index in [4.69, 9.17) is 16.5 Å². The summed E-state index contributed by atoms with van der Waals surface area (Å²) in [5.74, 6) is 0. The fourth-order valence-corrected chi connectivity index (χ4v) is 15.1. The van der Waals surface area contributed by atoms with Crippen molar-refractivity contribution in [1.82, 2.24) is 0 Å². The highest BCUT2D eigenvalue weighted by atomic mass is 32.3. The monoisotopic (exact) mass is 424 g/mol. The van der Waals surface area contributed by atoms with Crippen LogP contribution in [0.3, 0.4) is 0 Å². The molecule has 4 heteroatoms. The topological polar surface area (TPSA) is 9.23 Å². The third-order valence-electron chi connectivity index (χ3n) is 5.80. The van der Waals surface area contributed by atoms with Crippen LogP contribution in [0, 0.1) is 0 Å². The third kappa shape index (κ3) is 3.50. The normalized spacial score (nSPS) is 14.5. The van der Waals surface area contributed by atoms with E-state index in [1.54, 1.807) is 0 Å². The molecule has 0 radical (unpaired) electrons. The van der Waals surface area contributed by atoms with Crippen LogP contribution in [0.1, 0.15) is 20.8 Å². The van der Waals surface area contributed by atoms with E-state index in [0.717, 1.165) is 0 Å². The van der Waals surface area contributed by atoms with Crippen LogP contribution in [0.25, 0.3) is 0 Å². The lowest BCUT2D eigenvalue weighted by molar-refractivity contribution is 0.331. The Balaban J connectivity index is 2.45. The van der Waals surface area contributed by atoms with Crippen molar-refractivity contribution in [1.29, 1.82) is 0 Å². The molecule has 0 saturated carbocycles. The van der Waals surface area contributed by atoms with E-state index in [1.807, 2.05) is 0 Å². The average molecular weight is 425 g/mol. The van der Waals surface area contributed by atoms with Gasteiger partial charge in [0, 0.05) is 6.61 Å². The van der Waals surface area contributed by atoms with E-state index >= 15 is 0 Å². The van der Waals surface area contributed by atoms with Gasteiger partial charge in [-0.15, -0.1) is 0 Å². The van der Waals surface area contributed by atoms with Crippen LogP contribution in [0.5, 0.6) is 0 Å². The molecule has 3 aromatic carbocycles. The van der Waals surface area contributed by atoms with Gasteiger partial charge < -0.3 is 16.5 Å². The molecule has 0 saturated heterocycles. The van der Waals surface area contributed by atoms with Crippen LogP contribution in [0.4, 0.5) is 0 Å². The average Bonchev–Trinajstić information content (AvgIpc) is 2.71. The van der Waals surface area contributed by atoms with Crippen LogP contribution in [0.15, 0.2) is 91.0 Å². The van der Waals surface area contributed by atoms with E-state index in [9.17, 15) is 0 Å². The summed E-state index contributed by atoms with van der Waals surface area (Å²) >= 11 is 6.27. The molecule has 0 aliphatic rings. The molecule has 0 aromatic heterocycles. The fourth-order valence-electron chi connectivity index (χ4n) is 4.13. The van der Waals surface area contributed by atoms with E-state index in [0.29, 0.717) is 6.61 Å². The molecule has 0 bridgehead atoms. The van der Waals surface area contributed by atoms with E-state index in [1.165, 1.54) is 15.9 Å². The molecule has 0 amide bonds. The zero-order valence-electron chi connectivity index (χ0n) is 17.1. The fraction of sp³-hybridized carbons (Fsp3) is 0.250. The Labute approximate surface area is 176 Å². The highest BCUT2D eigenvalue weighted by molar-refractivity contribution is 8.06. The van der Waals surface area contributed by atoms with Gasteiger partial charge in [0.2, 0.25) is 0 Å². The Kier molecular flexibility index (Phi) is 6.51. The Morgan fingerprint density at radius 2 is 1.07 bits per heavy atom. The number of hydrogen-bond acceptors (Lipinski definition) is 2. The van der Waals surface area contributed by atoms with Crippen LogP contribution < -0.4 is 15.9 Å². The molecule has 1 nitrogen and oxygen atoms in total. The molecule has 0 aliphatic carbocycles. The molecule has 0 heterocycles. The van der Waals surface area contributed by atoms with Crippen molar-refractivity contribution in [3.63, 3.8) is 0 Å². The molecule has 0 spiro atoms. The lowest BCUT2D eigenvalue weighted by atomic mass is 10.3. The summed E-state index contributed by atoms with van der Waals surface area (Å²) in [6.45, 7) is 9.62. The first-order valence-corrected chi connectivity index (χ1v) is 15.1. The van der Waals surface area contributed by atoms with Crippen LogP contribution in [-0.2, 0) is 16.5 Å². The standard InChI is InChI=1S/C24H29OPSSi/c1-5-25-28(4,27)24(2,3)26(21-15-9-6-10-16-21,22-17-11-7-12-18-22)23-19-13-8-14-20-23/h6-20H,5H2,1-4H3. The van der Waals surface area contributed by atoms with Crippen molar-refractivity contribution in [3.05, 3.63) is 91.0 Å². The van der Waals surface area contributed by atoms with E-state index in [-0.39, 0.29) is 4.78 Å². The summed E-state index contributed by atoms with van der Waals surface area (Å²) in [7, 11) is -4.56. The third-order valence-corrected chi connectivity index (χ3v) is 18.4. The van der Waals surface area contributed by atoms with Gasteiger partial charge in [0.1, 0.15) is 30.6 Å². The van der Waals surface area contributed by atoms with Crippen molar-refractivity contribution in [3.8, 4) is 0 Å². The summed E-state index contributed by atoms with van der Waals surface area (Å²) in [6, 6.07) is 32.8. The smallest absolute Gasteiger partial charge is 0.114 e. The van der Waals surface area contributed by atoms with Crippen molar-refractivity contribution in [2.75, 3.05) is 6.61 Å². The second-order valence-corrected chi connectivity index (χ2v) is 17.8. The van der Waals surface area contributed by atoms with Gasteiger partial charge in [-0.2, -0.15) is 0 Å². The maximum atomic E-state index is 6.35. The predicted octanol–water partition coefficient (Wildman–Crippen LogP) is 4.95. The van der Waals surface area contributed by atoms with Crippen LogP contribution >= 0.6 is 7.26 Å². The lowest BCUT2D eigenvalue weighted by Gasteiger charge is -2.53. The van der Waals surface area contributed by atoms with Gasteiger partial charge in [-0.1, -0.05) is 61.1 Å². The molecule has 3 aromatic rings. The molecule has 146 valence electrons. The van der Waals surface area contributed by atoms with Crippen molar-refractivity contribution in [2.45, 2.75) is 32.1 Å².